The van der Waals surface area contributed by atoms with Crippen molar-refractivity contribution in [2.75, 3.05) is 12.0 Å². The minimum atomic E-state index is -1.22. The quantitative estimate of drug-likeness (QED) is 0.787. The van der Waals surface area contributed by atoms with Gasteiger partial charge in [-0.3, -0.25) is 4.57 Å². The third kappa shape index (κ3) is 2.42. The topological polar surface area (TPSA) is 67.6 Å². The van der Waals surface area contributed by atoms with Gasteiger partial charge in [0.15, 0.2) is 0 Å². The summed E-state index contributed by atoms with van der Waals surface area (Å²) >= 11 is 0. The molecule has 2 heterocycles. The summed E-state index contributed by atoms with van der Waals surface area (Å²) < 4.78 is 30.8. The first-order chi connectivity index (χ1) is 8.11. The van der Waals surface area contributed by atoms with E-state index in [0.717, 1.165) is 10.6 Å². The van der Waals surface area contributed by atoms with Crippen LogP contribution < -0.4 is 11.0 Å². The average Bonchev–Trinajstić information content (AvgIpc) is 2.77. The van der Waals surface area contributed by atoms with Gasteiger partial charge < -0.3 is 9.84 Å². The Hall–Kier alpha value is -1.54. The van der Waals surface area contributed by atoms with Crippen LogP contribution in [-0.4, -0.2) is 27.4 Å². The van der Waals surface area contributed by atoms with E-state index in [1.807, 2.05) is 0 Å². The molecule has 6 nitrogen and oxygen atoms in total. The Morgan fingerprint density at radius 2 is 2.35 bits per heavy atom. The minimum Gasteiger partial charge on any atom is -0.394 e. The lowest BCUT2D eigenvalue weighted by Gasteiger charge is -2.14. The predicted molar refractivity (Wildman–Crippen MR) is 53.4 cm³/mol. The second-order valence-corrected chi connectivity index (χ2v) is 3.68. The molecule has 1 aliphatic heterocycles. The second kappa shape index (κ2) is 4.76. The highest BCUT2D eigenvalue weighted by atomic mass is 19.4. The van der Waals surface area contributed by atoms with Crippen LogP contribution in [0.3, 0.4) is 0 Å². The van der Waals surface area contributed by atoms with E-state index in [1.54, 1.807) is 0 Å². The summed E-state index contributed by atoms with van der Waals surface area (Å²) in [5.74, 6) is -0.706. The molecule has 0 radical (unpaired) electrons. The molecule has 17 heavy (non-hydrogen) atoms. The van der Waals surface area contributed by atoms with Crippen LogP contribution in [0.25, 0.3) is 0 Å². The molecule has 0 saturated carbocycles. The van der Waals surface area contributed by atoms with Crippen LogP contribution in [-0.2, 0) is 4.74 Å². The lowest BCUT2D eigenvalue weighted by Crippen LogP contribution is -2.28. The first-order valence-corrected chi connectivity index (χ1v) is 5.09. The van der Waals surface area contributed by atoms with E-state index < -0.39 is 23.1 Å². The number of hydrogen-bond acceptors (Lipinski definition) is 5. The number of aliphatic hydroxyl groups is 1. The summed E-state index contributed by atoms with van der Waals surface area (Å²) in [6.07, 6.45) is 1.51. The number of halogens is 2. The van der Waals surface area contributed by atoms with Gasteiger partial charge in [0.25, 0.3) is 0 Å². The standard InChI is InChI=1S/C9H11F2N3O3/c10-14(11)7-3-4-13(9(16)12-7)8-2-1-6(5-15)17-8/h3-4,6,8,15H,1-2,5H2/t6-,8?/m0/s1. The highest BCUT2D eigenvalue weighted by Crippen LogP contribution is 2.26. The van der Waals surface area contributed by atoms with Gasteiger partial charge in [-0.25, -0.2) is 4.79 Å². The minimum absolute atomic E-state index is 0.125. The third-order valence-electron chi connectivity index (χ3n) is 2.59. The van der Waals surface area contributed by atoms with E-state index in [1.165, 1.54) is 6.20 Å². The monoisotopic (exact) mass is 247 g/mol. The predicted octanol–water partition coefficient (Wildman–Crippen LogP) is 0.489. The summed E-state index contributed by atoms with van der Waals surface area (Å²) in [6, 6.07) is 1.02. The average molecular weight is 247 g/mol. The van der Waals surface area contributed by atoms with Crippen LogP contribution in [0.2, 0.25) is 0 Å². The molecule has 1 aromatic rings. The highest BCUT2D eigenvalue weighted by Gasteiger charge is 2.26. The Kier molecular flexibility index (Phi) is 3.34. The lowest BCUT2D eigenvalue weighted by atomic mass is 10.2. The van der Waals surface area contributed by atoms with Crippen molar-refractivity contribution in [3.8, 4) is 0 Å². The van der Waals surface area contributed by atoms with Crippen molar-refractivity contribution in [3.05, 3.63) is 22.7 Å². The number of hydrogen-bond donors (Lipinski definition) is 1. The van der Waals surface area contributed by atoms with Gasteiger partial charge in [-0.2, -0.15) is 4.98 Å². The molecule has 0 aliphatic carbocycles. The molecule has 94 valence electrons. The second-order valence-electron chi connectivity index (χ2n) is 3.68. The van der Waals surface area contributed by atoms with Gasteiger partial charge in [-0.1, -0.05) is 8.96 Å². The maximum absolute atomic E-state index is 12.1. The third-order valence-corrected chi connectivity index (χ3v) is 2.59. The fourth-order valence-corrected chi connectivity index (χ4v) is 1.74. The first kappa shape index (κ1) is 11.9. The lowest BCUT2D eigenvalue weighted by molar-refractivity contribution is -0.0246. The number of ether oxygens (including phenoxy) is 1. The fraction of sp³-hybridized carbons (Fsp3) is 0.556. The van der Waals surface area contributed by atoms with Gasteiger partial charge in [0.2, 0.25) is 5.82 Å². The summed E-state index contributed by atoms with van der Waals surface area (Å²) in [7, 11) is 0. The summed E-state index contributed by atoms with van der Waals surface area (Å²) in [4.78, 5) is 14.7. The van der Waals surface area contributed by atoms with Crippen LogP contribution in [0, 0.1) is 0 Å². The molecule has 0 bridgehead atoms. The Balaban J connectivity index is 2.20. The molecule has 1 aliphatic rings. The molecule has 1 aromatic heterocycles. The van der Waals surface area contributed by atoms with Crippen molar-refractivity contribution in [1.82, 2.24) is 9.55 Å². The molecule has 0 amide bonds. The Bertz CT molecular complexity index is 451. The zero-order valence-electron chi connectivity index (χ0n) is 8.79. The molecule has 0 spiro atoms. The normalized spacial score (nSPS) is 23.9. The number of aliphatic hydroxyl groups excluding tert-OH is 1. The van der Waals surface area contributed by atoms with Crippen molar-refractivity contribution < 1.29 is 18.8 Å². The zero-order chi connectivity index (χ0) is 12.4. The van der Waals surface area contributed by atoms with Crippen molar-refractivity contribution >= 4 is 5.82 Å². The van der Waals surface area contributed by atoms with E-state index >= 15 is 0 Å². The summed E-state index contributed by atoms with van der Waals surface area (Å²) in [5.41, 5.74) is -0.800. The van der Waals surface area contributed by atoms with Crippen molar-refractivity contribution in [2.24, 2.45) is 0 Å². The molecule has 1 saturated heterocycles. The fourth-order valence-electron chi connectivity index (χ4n) is 1.74. The molecule has 2 rings (SSSR count). The van der Waals surface area contributed by atoms with Crippen LogP contribution in [0.4, 0.5) is 14.8 Å². The first-order valence-electron chi connectivity index (χ1n) is 5.09. The van der Waals surface area contributed by atoms with Gasteiger partial charge in [0.1, 0.15) is 6.23 Å². The molecule has 8 heteroatoms. The van der Waals surface area contributed by atoms with Gasteiger partial charge in [0, 0.05) is 12.3 Å². The maximum Gasteiger partial charge on any atom is 0.351 e. The summed E-state index contributed by atoms with van der Waals surface area (Å²) in [5, 5.41) is 7.66. The molecule has 1 fully saturated rings. The van der Waals surface area contributed by atoms with Crippen molar-refractivity contribution in [2.45, 2.75) is 25.2 Å². The van der Waals surface area contributed by atoms with E-state index in [0.29, 0.717) is 12.8 Å². The molecule has 2 atom stereocenters. The Labute approximate surface area is 94.9 Å². The van der Waals surface area contributed by atoms with Crippen LogP contribution in [0.15, 0.2) is 17.1 Å². The molecule has 1 N–H and O–H groups in total. The molecular weight excluding hydrogens is 236 g/mol. The van der Waals surface area contributed by atoms with E-state index in [4.69, 9.17) is 9.84 Å². The van der Waals surface area contributed by atoms with Crippen molar-refractivity contribution in [3.63, 3.8) is 0 Å². The Morgan fingerprint density at radius 1 is 1.59 bits per heavy atom. The van der Waals surface area contributed by atoms with Gasteiger partial charge in [0.05, 0.1) is 12.7 Å². The van der Waals surface area contributed by atoms with Gasteiger partial charge >= 0.3 is 5.69 Å². The van der Waals surface area contributed by atoms with E-state index in [-0.39, 0.29) is 12.7 Å². The Morgan fingerprint density at radius 3 is 2.88 bits per heavy atom. The molecular formula is C9H11F2N3O3. The van der Waals surface area contributed by atoms with E-state index in [2.05, 4.69) is 4.98 Å². The van der Waals surface area contributed by atoms with Crippen LogP contribution in [0.1, 0.15) is 19.1 Å². The number of anilines is 1. The number of rotatable bonds is 3. The maximum atomic E-state index is 12.1. The number of aromatic nitrogens is 2. The largest absolute Gasteiger partial charge is 0.394 e. The molecule has 0 aromatic carbocycles. The smallest absolute Gasteiger partial charge is 0.351 e. The van der Waals surface area contributed by atoms with Crippen molar-refractivity contribution in [1.29, 1.82) is 0 Å². The summed E-state index contributed by atoms with van der Waals surface area (Å²) in [6.45, 7) is -0.125. The van der Waals surface area contributed by atoms with Crippen LogP contribution in [0.5, 0.6) is 0 Å². The SMILES string of the molecule is O=c1nc(N(F)F)ccn1C1CC[C@@H](CO)O1. The van der Waals surface area contributed by atoms with Crippen LogP contribution >= 0.6 is 0 Å². The van der Waals surface area contributed by atoms with Gasteiger partial charge in [-0.15, -0.1) is 0 Å². The van der Waals surface area contributed by atoms with E-state index in [9.17, 15) is 13.8 Å². The van der Waals surface area contributed by atoms with Gasteiger partial charge in [-0.05, 0) is 18.2 Å². The highest BCUT2D eigenvalue weighted by molar-refractivity contribution is 5.29. The number of nitrogens with zero attached hydrogens (tertiary/aromatic N) is 3. The zero-order valence-corrected chi connectivity index (χ0v) is 8.79. The molecule has 1 unspecified atom stereocenters.